The molecule has 0 spiro atoms. The Balaban J connectivity index is 4.42. The van der Waals surface area contributed by atoms with Crippen molar-refractivity contribution in [3.8, 4) is 0 Å². The molecule has 6 heteroatoms. The van der Waals surface area contributed by atoms with E-state index in [4.69, 9.17) is 5.11 Å². The van der Waals surface area contributed by atoms with E-state index in [0.717, 1.165) is 19.3 Å². The van der Waals surface area contributed by atoms with E-state index in [2.05, 4.69) is 12.2 Å². The SMILES string of the molecule is CCCCCCCCCCCC(=O)NC[N+](C)(C)C(CCC)(CCCCO)C(=O)[O-]. The molecule has 0 aromatic carbocycles. The zero-order valence-electron chi connectivity index (χ0n) is 20.1. The summed E-state index contributed by atoms with van der Waals surface area (Å²) >= 11 is 0. The van der Waals surface area contributed by atoms with Crippen LogP contribution in [0.2, 0.25) is 0 Å². The lowest BCUT2D eigenvalue weighted by molar-refractivity contribution is -0.937. The number of carbonyl (C=O) groups excluding carboxylic acids is 2. The third-order valence-electron chi connectivity index (χ3n) is 6.38. The smallest absolute Gasteiger partial charge is 0.224 e. The van der Waals surface area contributed by atoms with Gasteiger partial charge >= 0.3 is 0 Å². The number of rotatable bonds is 20. The van der Waals surface area contributed by atoms with Crippen LogP contribution in [0.3, 0.4) is 0 Å². The number of quaternary nitrogens is 1. The molecular formula is C24H48N2O4. The highest BCUT2D eigenvalue weighted by atomic mass is 16.4. The number of amides is 1. The minimum Gasteiger partial charge on any atom is -0.544 e. The maximum Gasteiger partial charge on any atom is 0.224 e. The van der Waals surface area contributed by atoms with Gasteiger partial charge in [-0.25, -0.2) is 0 Å². The van der Waals surface area contributed by atoms with Gasteiger partial charge in [-0.05, 0) is 25.7 Å². The van der Waals surface area contributed by atoms with Crippen molar-refractivity contribution < 1.29 is 24.3 Å². The van der Waals surface area contributed by atoms with Crippen LogP contribution in [0.4, 0.5) is 0 Å². The van der Waals surface area contributed by atoms with Crippen molar-refractivity contribution >= 4 is 11.9 Å². The highest BCUT2D eigenvalue weighted by Crippen LogP contribution is 2.31. The Morgan fingerprint density at radius 1 is 0.833 bits per heavy atom. The highest BCUT2D eigenvalue weighted by molar-refractivity contribution is 5.76. The maximum absolute atomic E-state index is 12.3. The molecule has 6 nitrogen and oxygen atoms in total. The van der Waals surface area contributed by atoms with Crippen molar-refractivity contribution in [1.29, 1.82) is 0 Å². The van der Waals surface area contributed by atoms with E-state index in [-0.39, 0.29) is 23.7 Å². The molecule has 0 rings (SSSR count). The molecular weight excluding hydrogens is 380 g/mol. The zero-order valence-corrected chi connectivity index (χ0v) is 20.1. The van der Waals surface area contributed by atoms with E-state index in [1.165, 1.54) is 44.9 Å². The Morgan fingerprint density at radius 3 is 1.90 bits per heavy atom. The third-order valence-corrected chi connectivity index (χ3v) is 6.38. The minimum absolute atomic E-state index is 0.0109. The van der Waals surface area contributed by atoms with Gasteiger partial charge in [-0.15, -0.1) is 0 Å². The number of hydrogen-bond donors (Lipinski definition) is 2. The normalized spacial score (nSPS) is 13.8. The summed E-state index contributed by atoms with van der Waals surface area (Å²) in [4.78, 5) is 24.4. The van der Waals surface area contributed by atoms with Gasteiger partial charge in [-0.1, -0.05) is 65.2 Å². The van der Waals surface area contributed by atoms with Crippen LogP contribution in [-0.4, -0.2) is 54.4 Å². The Labute approximate surface area is 185 Å². The molecule has 0 aromatic heterocycles. The standard InChI is InChI=1S/C24H48N2O4/c1-5-7-8-9-10-11-12-13-14-17-22(28)25-21-26(3,4)24(18-6-2,23(29)30)19-15-16-20-27/h27H,5-21H2,1-4H3,(H-,25,28,29,30). The van der Waals surface area contributed by atoms with E-state index >= 15 is 0 Å². The van der Waals surface area contributed by atoms with Gasteiger partial charge in [0, 0.05) is 25.9 Å². The van der Waals surface area contributed by atoms with Gasteiger partial charge in [0.1, 0.15) is 11.5 Å². The van der Waals surface area contributed by atoms with Crippen LogP contribution in [0.5, 0.6) is 0 Å². The summed E-state index contributed by atoms with van der Waals surface area (Å²) in [7, 11) is 3.70. The van der Waals surface area contributed by atoms with Crippen molar-refractivity contribution in [2.45, 2.75) is 116 Å². The van der Waals surface area contributed by atoms with Crippen LogP contribution in [0.15, 0.2) is 0 Å². The lowest BCUT2D eigenvalue weighted by Crippen LogP contribution is -2.70. The van der Waals surface area contributed by atoms with Gasteiger partial charge in [0.25, 0.3) is 0 Å². The topological polar surface area (TPSA) is 89.5 Å². The molecule has 0 radical (unpaired) electrons. The first-order valence-electron chi connectivity index (χ1n) is 12.2. The molecule has 0 aliphatic carbocycles. The van der Waals surface area contributed by atoms with Crippen molar-refractivity contribution in [2.24, 2.45) is 0 Å². The van der Waals surface area contributed by atoms with Gasteiger partial charge < -0.3 is 24.8 Å². The quantitative estimate of drug-likeness (QED) is 0.176. The molecule has 1 amide bonds. The molecule has 178 valence electrons. The van der Waals surface area contributed by atoms with Gasteiger partial charge in [-0.2, -0.15) is 0 Å². The fraction of sp³-hybridized carbons (Fsp3) is 0.917. The summed E-state index contributed by atoms with van der Waals surface area (Å²) in [6.07, 6.45) is 14.2. The summed E-state index contributed by atoms with van der Waals surface area (Å²) in [6.45, 7) is 4.51. The Kier molecular flexibility index (Phi) is 15.9. The van der Waals surface area contributed by atoms with Crippen molar-refractivity contribution in [3.05, 3.63) is 0 Å². The van der Waals surface area contributed by atoms with Crippen molar-refractivity contribution in [3.63, 3.8) is 0 Å². The molecule has 0 saturated carbocycles. The van der Waals surface area contributed by atoms with E-state index in [1.54, 1.807) is 0 Å². The van der Waals surface area contributed by atoms with Crippen LogP contribution in [-0.2, 0) is 9.59 Å². The van der Waals surface area contributed by atoms with Gasteiger partial charge in [0.15, 0.2) is 6.67 Å². The number of unbranched alkanes of at least 4 members (excludes halogenated alkanes) is 9. The predicted octanol–water partition coefficient (Wildman–Crippen LogP) is 3.51. The Hall–Kier alpha value is -1.14. The third kappa shape index (κ3) is 10.8. The molecule has 0 aliphatic heterocycles. The number of aliphatic hydroxyl groups excluding tert-OH is 1. The summed E-state index contributed by atoms with van der Waals surface area (Å²) in [5.41, 5.74) is -1.06. The van der Waals surface area contributed by atoms with E-state index < -0.39 is 11.5 Å². The molecule has 0 aliphatic rings. The van der Waals surface area contributed by atoms with Crippen LogP contribution < -0.4 is 10.4 Å². The molecule has 0 saturated heterocycles. The second kappa shape index (κ2) is 16.5. The fourth-order valence-electron chi connectivity index (χ4n) is 4.25. The van der Waals surface area contributed by atoms with Gasteiger partial charge in [-0.3, -0.25) is 4.79 Å². The summed E-state index contributed by atoms with van der Waals surface area (Å²) < 4.78 is 0.151. The second-order valence-electron chi connectivity index (χ2n) is 9.27. The first-order chi connectivity index (χ1) is 14.3. The molecule has 0 fully saturated rings. The van der Waals surface area contributed by atoms with Crippen molar-refractivity contribution in [2.75, 3.05) is 27.4 Å². The average molecular weight is 429 g/mol. The second-order valence-corrected chi connectivity index (χ2v) is 9.27. The number of likely N-dealkylation sites (N-methyl/N-ethyl adjacent to an activating group) is 1. The lowest BCUT2D eigenvalue weighted by atomic mass is 9.84. The lowest BCUT2D eigenvalue weighted by Gasteiger charge is -2.49. The van der Waals surface area contributed by atoms with Crippen LogP contribution in [0.25, 0.3) is 0 Å². The van der Waals surface area contributed by atoms with Gasteiger partial charge in [0.2, 0.25) is 5.91 Å². The molecule has 2 N–H and O–H groups in total. The maximum atomic E-state index is 12.3. The Morgan fingerprint density at radius 2 is 1.40 bits per heavy atom. The number of hydrogen-bond acceptors (Lipinski definition) is 4. The van der Waals surface area contributed by atoms with E-state index in [9.17, 15) is 14.7 Å². The van der Waals surface area contributed by atoms with Crippen LogP contribution >= 0.6 is 0 Å². The van der Waals surface area contributed by atoms with Crippen LogP contribution in [0.1, 0.15) is 110 Å². The summed E-state index contributed by atoms with van der Waals surface area (Å²) in [6, 6.07) is 0. The molecule has 30 heavy (non-hydrogen) atoms. The van der Waals surface area contributed by atoms with E-state index in [0.29, 0.717) is 32.1 Å². The molecule has 0 heterocycles. The summed E-state index contributed by atoms with van der Waals surface area (Å²) in [5, 5.41) is 24.2. The average Bonchev–Trinajstić information content (AvgIpc) is 2.70. The first-order valence-corrected chi connectivity index (χ1v) is 12.2. The number of carbonyl (C=O) groups is 2. The zero-order chi connectivity index (χ0) is 22.9. The molecule has 1 atom stereocenters. The highest BCUT2D eigenvalue weighted by Gasteiger charge is 2.46. The number of aliphatic hydroxyl groups is 1. The largest absolute Gasteiger partial charge is 0.544 e. The summed E-state index contributed by atoms with van der Waals surface area (Å²) in [5.74, 6) is -1.08. The van der Waals surface area contributed by atoms with Crippen molar-refractivity contribution in [1.82, 2.24) is 5.32 Å². The molecule has 0 aromatic rings. The molecule has 1 unspecified atom stereocenters. The van der Waals surface area contributed by atoms with Gasteiger partial charge in [0.05, 0.1) is 14.1 Å². The van der Waals surface area contributed by atoms with E-state index in [1.807, 2.05) is 21.0 Å². The minimum atomic E-state index is -1.07. The fourth-order valence-corrected chi connectivity index (χ4v) is 4.25. The number of carboxylic acids is 1. The monoisotopic (exact) mass is 428 g/mol. The number of nitrogens with one attached hydrogen (secondary N) is 1. The Bertz CT molecular complexity index is 468. The molecule has 0 bridgehead atoms. The number of carboxylic acid groups (broad SMARTS) is 1. The van der Waals surface area contributed by atoms with Crippen LogP contribution in [0, 0.1) is 0 Å². The first kappa shape index (κ1) is 28.9. The predicted molar refractivity (Wildman–Crippen MR) is 121 cm³/mol. The number of nitrogens with zero attached hydrogens (tertiary/aromatic N) is 1. The number of aliphatic carboxylic acids is 1.